The quantitative estimate of drug-likeness (QED) is 0.233. The number of carboxylic acids is 2. The fourth-order valence-electron chi connectivity index (χ4n) is 3.18. The van der Waals surface area contributed by atoms with Crippen LogP contribution < -0.4 is 17.0 Å². The van der Waals surface area contributed by atoms with Crippen molar-refractivity contribution in [3.05, 3.63) is 44.4 Å². The number of hydrogen-bond acceptors (Lipinski definition) is 8. The fraction of sp³-hybridized carbons (Fsp3) is 0.583. The van der Waals surface area contributed by atoms with Gasteiger partial charge in [-0.25, -0.2) is 9.59 Å². The van der Waals surface area contributed by atoms with Crippen LogP contribution in [0.3, 0.4) is 0 Å². The molecule has 3 amide bonds. The molecule has 0 fully saturated rings. The summed E-state index contributed by atoms with van der Waals surface area (Å²) < 4.78 is 7.18. The summed E-state index contributed by atoms with van der Waals surface area (Å²) in [7, 11) is 0. The topological polar surface area (TPSA) is 194 Å². The van der Waals surface area contributed by atoms with E-state index in [-0.39, 0.29) is 13.1 Å². The molecule has 0 bridgehead atoms. The Hall–Kier alpha value is -3.78. The second-order valence-corrected chi connectivity index (χ2v) is 9.11. The number of aryl methyl sites for hydroxylation is 1. The van der Waals surface area contributed by atoms with E-state index in [4.69, 9.17) is 20.7 Å². The Kier molecular flexibility index (Phi) is 14.5. The Balaban J connectivity index is 0.000000755. The molecule has 0 aromatic carbocycles. The predicted molar refractivity (Wildman–Crippen MR) is 139 cm³/mol. The van der Waals surface area contributed by atoms with Crippen molar-refractivity contribution < 1.29 is 34.1 Å². The number of carbonyl (C=O) groups excluding carboxylic acids is 2. The molecule has 0 aliphatic heterocycles. The second-order valence-electron chi connectivity index (χ2n) is 9.11. The summed E-state index contributed by atoms with van der Waals surface area (Å²) in [6.07, 6.45) is 3.56. The lowest BCUT2D eigenvalue weighted by molar-refractivity contribution is -0.138. The average Bonchev–Trinajstić information content (AvgIpc) is 2.79. The third-order valence-electron chi connectivity index (χ3n) is 5.06. The number of aromatic nitrogens is 2. The van der Waals surface area contributed by atoms with Crippen LogP contribution in [0.4, 0.5) is 4.79 Å². The number of nitrogens with two attached hydrogens (primary N) is 1. The van der Waals surface area contributed by atoms with Gasteiger partial charge in [0.05, 0.1) is 0 Å². The van der Waals surface area contributed by atoms with Gasteiger partial charge >= 0.3 is 23.7 Å². The molecule has 4 N–H and O–H groups in total. The van der Waals surface area contributed by atoms with Crippen molar-refractivity contribution in [2.45, 2.75) is 66.6 Å². The van der Waals surface area contributed by atoms with Gasteiger partial charge in [0.15, 0.2) is 0 Å². The van der Waals surface area contributed by atoms with Gasteiger partial charge in [0.1, 0.15) is 13.1 Å². The maximum absolute atomic E-state index is 12.5. The molecule has 0 unspecified atom stereocenters. The number of carbonyl (C=O) groups is 4. The number of nitrogens with zero attached hydrogens (tertiary/aromatic N) is 4. The Labute approximate surface area is 220 Å². The molecular weight excluding hydrogens is 502 g/mol. The van der Waals surface area contributed by atoms with E-state index in [1.807, 2.05) is 6.92 Å². The van der Waals surface area contributed by atoms with Crippen LogP contribution in [0.15, 0.2) is 27.6 Å². The molecule has 214 valence electrons. The SMILES string of the molecule is CCOCCC(C)(C)N(C=O)C(=O)N(C=C(C)C)CC(=O)O.Cc1cn(CC(=O)O)c(=O)n(CCN)c1=O. The number of rotatable bonds is 13. The molecule has 0 aliphatic rings. The summed E-state index contributed by atoms with van der Waals surface area (Å²) in [5.41, 5.74) is 4.49. The van der Waals surface area contributed by atoms with Gasteiger partial charge in [0, 0.05) is 49.8 Å². The molecule has 1 aromatic heterocycles. The number of urea groups is 1. The van der Waals surface area contributed by atoms with E-state index in [1.165, 1.54) is 19.3 Å². The van der Waals surface area contributed by atoms with Gasteiger partial charge < -0.3 is 20.7 Å². The van der Waals surface area contributed by atoms with Gasteiger partial charge in [0.2, 0.25) is 6.41 Å². The minimum Gasteiger partial charge on any atom is -0.480 e. The highest BCUT2D eigenvalue weighted by atomic mass is 16.5. The molecule has 0 saturated carbocycles. The fourth-order valence-corrected chi connectivity index (χ4v) is 3.18. The highest BCUT2D eigenvalue weighted by molar-refractivity contribution is 5.88. The van der Waals surface area contributed by atoms with Crippen molar-refractivity contribution in [1.29, 1.82) is 0 Å². The summed E-state index contributed by atoms with van der Waals surface area (Å²) in [5.74, 6) is -2.29. The zero-order valence-corrected chi connectivity index (χ0v) is 22.8. The zero-order chi connectivity index (χ0) is 29.6. The normalized spacial score (nSPS) is 10.6. The minimum absolute atomic E-state index is 0.0823. The number of ether oxygens (including phenoxy) is 1. The lowest BCUT2D eigenvalue weighted by Crippen LogP contribution is -2.52. The number of aliphatic carboxylic acids is 2. The Morgan fingerprint density at radius 1 is 1.16 bits per heavy atom. The van der Waals surface area contributed by atoms with Crippen LogP contribution >= 0.6 is 0 Å². The van der Waals surface area contributed by atoms with Crippen molar-refractivity contribution in [1.82, 2.24) is 18.9 Å². The molecule has 0 saturated heterocycles. The number of carboxylic acid groups (broad SMARTS) is 2. The van der Waals surface area contributed by atoms with E-state index >= 15 is 0 Å². The van der Waals surface area contributed by atoms with Crippen LogP contribution in [0.5, 0.6) is 0 Å². The van der Waals surface area contributed by atoms with Crippen molar-refractivity contribution >= 4 is 24.4 Å². The Morgan fingerprint density at radius 3 is 2.21 bits per heavy atom. The third kappa shape index (κ3) is 11.1. The van der Waals surface area contributed by atoms with Gasteiger partial charge in [-0.3, -0.25) is 38.1 Å². The third-order valence-corrected chi connectivity index (χ3v) is 5.06. The monoisotopic (exact) mass is 541 g/mol. The van der Waals surface area contributed by atoms with Gasteiger partial charge in [0.25, 0.3) is 5.56 Å². The minimum atomic E-state index is -1.15. The zero-order valence-electron chi connectivity index (χ0n) is 22.8. The Morgan fingerprint density at radius 2 is 1.76 bits per heavy atom. The average molecular weight is 542 g/mol. The predicted octanol–water partition coefficient (Wildman–Crippen LogP) is 0.442. The summed E-state index contributed by atoms with van der Waals surface area (Å²) in [6.45, 7) is 10.6. The second kappa shape index (κ2) is 16.1. The van der Waals surface area contributed by atoms with Crippen molar-refractivity contribution in [3.8, 4) is 0 Å². The van der Waals surface area contributed by atoms with Crippen LogP contribution in [0.2, 0.25) is 0 Å². The molecule has 0 aliphatic carbocycles. The molecule has 0 radical (unpaired) electrons. The van der Waals surface area contributed by atoms with E-state index in [2.05, 4.69) is 0 Å². The largest absolute Gasteiger partial charge is 0.480 e. The van der Waals surface area contributed by atoms with Gasteiger partial charge in [-0.2, -0.15) is 0 Å². The van der Waals surface area contributed by atoms with E-state index < -0.39 is 47.8 Å². The van der Waals surface area contributed by atoms with Crippen LogP contribution in [-0.4, -0.2) is 85.4 Å². The molecule has 1 heterocycles. The van der Waals surface area contributed by atoms with Gasteiger partial charge in [-0.05, 0) is 48.0 Å². The lowest BCUT2D eigenvalue weighted by Gasteiger charge is -2.36. The first kappa shape index (κ1) is 34.2. The summed E-state index contributed by atoms with van der Waals surface area (Å²) in [6, 6.07) is -0.667. The van der Waals surface area contributed by atoms with Crippen molar-refractivity contribution in [3.63, 3.8) is 0 Å². The van der Waals surface area contributed by atoms with Gasteiger partial charge in [-0.15, -0.1) is 0 Å². The molecule has 38 heavy (non-hydrogen) atoms. The summed E-state index contributed by atoms with van der Waals surface area (Å²) in [4.78, 5) is 70.6. The highest BCUT2D eigenvalue weighted by Crippen LogP contribution is 2.20. The number of allylic oxidation sites excluding steroid dienone is 1. The molecule has 1 rings (SSSR count). The molecule has 14 nitrogen and oxygen atoms in total. The number of imide groups is 1. The van der Waals surface area contributed by atoms with E-state index in [0.29, 0.717) is 31.6 Å². The number of amides is 3. The number of hydrogen-bond donors (Lipinski definition) is 3. The molecular formula is C24H39N5O9. The molecule has 14 heteroatoms. The van der Waals surface area contributed by atoms with E-state index in [1.54, 1.807) is 27.7 Å². The smallest absolute Gasteiger partial charge is 0.331 e. The van der Waals surface area contributed by atoms with E-state index in [9.17, 15) is 28.8 Å². The van der Waals surface area contributed by atoms with E-state index in [0.717, 1.165) is 24.5 Å². The first-order chi connectivity index (χ1) is 17.6. The highest BCUT2D eigenvalue weighted by Gasteiger charge is 2.33. The lowest BCUT2D eigenvalue weighted by atomic mass is 9.99. The first-order valence-electron chi connectivity index (χ1n) is 11.8. The van der Waals surface area contributed by atoms with Crippen molar-refractivity contribution in [2.75, 3.05) is 26.3 Å². The van der Waals surface area contributed by atoms with Crippen LogP contribution in [0, 0.1) is 6.92 Å². The summed E-state index contributed by atoms with van der Waals surface area (Å²) in [5, 5.41) is 17.5. The maximum Gasteiger partial charge on any atom is 0.331 e. The molecule has 1 aromatic rings. The maximum atomic E-state index is 12.5. The van der Waals surface area contributed by atoms with Crippen LogP contribution in [0.1, 0.15) is 46.6 Å². The Bertz CT molecular complexity index is 1120. The van der Waals surface area contributed by atoms with Crippen LogP contribution in [-0.2, 0) is 32.2 Å². The van der Waals surface area contributed by atoms with Gasteiger partial charge in [-0.1, -0.05) is 5.57 Å². The summed E-state index contributed by atoms with van der Waals surface area (Å²) >= 11 is 0. The van der Waals surface area contributed by atoms with Crippen molar-refractivity contribution in [2.24, 2.45) is 5.73 Å². The first-order valence-corrected chi connectivity index (χ1v) is 11.8. The molecule has 0 spiro atoms. The molecule has 0 atom stereocenters. The van der Waals surface area contributed by atoms with Crippen LogP contribution in [0.25, 0.3) is 0 Å². The standard InChI is InChI=1S/C15H26N2O5.C9H13N3O4/c1-6-22-8-7-15(4,5)17(11-18)14(21)16(9-12(2)3)10-13(19)20;1-6-4-11(5-7(13)14)9(16)12(3-2-10)8(6)15/h9,11H,6-8,10H2,1-5H3,(H,19,20);4H,2-3,5,10H2,1H3,(H,13,14).